The minimum absolute atomic E-state index is 0.290. The maximum Gasteiger partial charge on any atom is 0.249 e. The third-order valence-corrected chi connectivity index (χ3v) is 5.13. The quantitative estimate of drug-likeness (QED) is 0.515. The van der Waals surface area contributed by atoms with Crippen molar-refractivity contribution in [3.8, 4) is 0 Å². The van der Waals surface area contributed by atoms with Crippen LogP contribution in [-0.2, 0) is 6.54 Å². The molecule has 1 heterocycles. The third kappa shape index (κ3) is 2.66. The van der Waals surface area contributed by atoms with E-state index in [0.29, 0.717) is 32.9 Å². The van der Waals surface area contributed by atoms with Crippen LogP contribution in [0.4, 0.5) is 8.78 Å². The molecular weight excluding hydrogens is 402 g/mol. The van der Waals surface area contributed by atoms with Gasteiger partial charge in [-0.05, 0) is 54.1 Å². The molecule has 0 aliphatic rings. The predicted molar refractivity (Wildman–Crippen MR) is 100.0 cm³/mol. The first kappa shape index (κ1) is 16.7. The van der Waals surface area contributed by atoms with E-state index in [4.69, 9.17) is 5.73 Å². The Labute approximate surface area is 156 Å². The molecule has 0 atom stereocenters. The topological polar surface area (TPSA) is 48.0 Å². The lowest BCUT2D eigenvalue weighted by Crippen LogP contribution is -2.11. The Morgan fingerprint density at radius 2 is 1.92 bits per heavy atom. The van der Waals surface area contributed by atoms with Gasteiger partial charge in [-0.25, -0.2) is 8.78 Å². The standard InChI is InChI=1S/C20H12BrF2N2O/c21-16-7-5-12(22)8-11(16)10-25-17-3-1-2-15(20(24)26)19(17)14-6-4-13(23)9-18(14)25/h1-5,7-9H,10H2,(H2,24,26). The number of nitrogens with zero attached hydrogens (tertiary/aromatic N) is 1. The maximum atomic E-state index is 13.9. The lowest BCUT2D eigenvalue weighted by atomic mass is 10.1. The summed E-state index contributed by atoms with van der Waals surface area (Å²) >= 11 is 3.42. The van der Waals surface area contributed by atoms with Gasteiger partial charge in [0, 0.05) is 27.4 Å². The fourth-order valence-electron chi connectivity index (χ4n) is 3.24. The molecule has 26 heavy (non-hydrogen) atoms. The van der Waals surface area contributed by atoms with Crippen LogP contribution in [0.5, 0.6) is 0 Å². The number of hydrogen-bond acceptors (Lipinski definition) is 1. The van der Waals surface area contributed by atoms with Crippen molar-refractivity contribution in [2.75, 3.05) is 0 Å². The molecular formula is C20H12BrF2N2O. The van der Waals surface area contributed by atoms with E-state index < -0.39 is 11.7 Å². The second-order valence-corrected chi connectivity index (χ2v) is 6.82. The van der Waals surface area contributed by atoms with Gasteiger partial charge in [-0.3, -0.25) is 4.79 Å². The number of carbonyl (C=O) groups excluding carboxylic acids is 1. The lowest BCUT2D eigenvalue weighted by Gasteiger charge is -2.10. The summed E-state index contributed by atoms with van der Waals surface area (Å²) in [5, 5.41) is 1.21. The summed E-state index contributed by atoms with van der Waals surface area (Å²) in [6.45, 7) is 0.290. The van der Waals surface area contributed by atoms with E-state index in [1.165, 1.54) is 24.3 Å². The summed E-state index contributed by atoms with van der Waals surface area (Å²) in [4.78, 5) is 11.9. The van der Waals surface area contributed by atoms with Gasteiger partial charge in [0.25, 0.3) is 0 Å². The van der Waals surface area contributed by atoms with Gasteiger partial charge in [0.2, 0.25) is 5.91 Å². The minimum Gasteiger partial charge on any atom is -0.366 e. The van der Waals surface area contributed by atoms with E-state index in [1.54, 1.807) is 18.2 Å². The van der Waals surface area contributed by atoms with Gasteiger partial charge in [-0.1, -0.05) is 22.0 Å². The Hall–Kier alpha value is -2.73. The fourth-order valence-corrected chi connectivity index (χ4v) is 3.61. The van der Waals surface area contributed by atoms with E-state index in [1.807, 2.05) is 10.6 Å². The zero-order chi connectivity index (χ0) is 18.4. The number of aromatic nitrogens is 1. The summed E-state index contributed by atoms with van der Waals surface area (Å²) in [6, 6.07) is 15.1. The Balaban J connectivity index is 2.06. The summed E-state index contributed by atoms with van der Waals surface area (Å²) in [5.74, 6) is -1.38. The Bertz CT molecular complexity index is 1180. The zero-order valence-corrected chi connectivity index (χ0v) is 15.0. The van der Waals surface area contributed by atoms with Crippen LogP contribution in [0.3, 0.4) is 0 Å². The monoisotopic (exact) mass is 413 g/mol. The SMILES string of the molecule is NC(=O)c1cccc2c1c1[c]cc(F)cc1n2Cc1cc(F)ccc1Br. The molecule has 1 radical (unpaired) electrons. The number of rotatable bonds is 3. The Morgan fingerprint density at radius 1 is 1.12 bits per heavy atom. The van der Waals surface area contributed by atoms with Gasteiger partial charge in [-0.2, -0.15) is 0 Å². The number of benzene rings is 3. The van der Waals surface area contributed by atoms with Crippen molar-refractivity contribution in [1.29, 1.82) is 0 Å². The van der Waals surface area contributed by atoms with Crippen LogP contribution >= 0.6 is 15.9 Å². The second kappa shape index (κ2) is 6.21. The highest BCUT2D eigenvalue weighted by molar-refractivity contribution is 9.10. The van der Waals surface area contributed by atoms with Gasteiger partial charge in [0.15, 0.2) is 0 Å². The van der Waals surface area contributed by atoms with Crippen LogP contribution in [0, 0.1) is 17.7 Å². The lowest BCUT2D eigenvalue weighted by molar-refractivity contribution is 0.100. The van der Waals surface area contributed by atoms with E-state index >= 15 is 0 Å². The predicted octanol–water partition coefficient (Wildman–Crippen LogP) is 4.78. The molecule has 0 aliphatic carbocycles. The van der Waals surface area contributed by atoms with E-state index in [0.717, 1.165) is 4.47 Å². The van der Waals surface area contributed by atoms with Crippen LogP contribution in [-0.4, -0.2) is 10.5 Å². The van der Waals surface area contributed by atoms with Crippen molar-refractivity contribution in [1.82, 2.24) is 4.57 Å². The van der Waals surface area contributed by atoms with Crippen molar-refractivity contribution >= 4 is 43.6 Å². The molecule has 129 valence electrons. The highest BCUT2D eigenvalue weighted by Gasteiger charge is 2.18. The molecule has 3 nitrogen and oxygen atoms in total. The van der Waals surface area contributed by atoms with Crippen molar-refractivity contribution in [2.24, 2.45) is 5.73 Å². The third-order valence-electron chi connectivity index (χ3n) is 4.36. The van der Waals surface area contributed by atoms with E-state index in [9.17, 15) is 13.6 Å². The van der Waals surface area contributed by atoms with Gasteiger partial charge in [0.1, 0.15) is 11.6 Å². The average molecular weight is 414 g/mol. The highest BCUT2D eigenvalue weighted by atomic mass is 79.9. The smallest absolute Gasteiger partial charge is 0.249 e. The number of carbonyl (C=O) groups is 1. The Morgan fingerprint density at radius 3 is 2.69 bits per heavy atom. The van der Waals surface area contributed by atoms with Gasteiger partial charge >= 0.3 is 0 Å². The largest absolute Gasteiger partial charge is 0.366 e. The number of nitrogens with two attached hydrogens (primary N) is 1. The van der Waals surface area contributed by atoms with Crippen LogP contribution in [0.15, 0.2) is 53.0 Å². The van der Waals surface area contributed by atoms with E-state index in [-0.39, 0.29) is 12.4 Å². The number of primary amides is 1. The first-order valence-electron chi connectivity index (χ1n) is 7.81. The first-order chi connectivity index (χ1) is 12.5. The molecule has 3 aromatic carbocycles. The molecule has 0 unspecified atom stereocenters. The summed E-state index contributed by atoms with van der Waals surface area (Å²) in [7, 11) is 0. The molecule has 1 amide bonds. The van der Waals surface area contributed by atoms with Gasteiger partial charge < -0.3 is 10.3 Å². The van der Waals surface area contributed by atoms with Crippen molar-refractivity contribution in [2.45, 2.75) is 6.54 Å². The summed E-state index contributed by atoms with van der Waals surface area (Å²) < 4.78 is 30.1. The molecule has 4 aromatic rings. The number of amides is 1. The van der Waals surface area contributed by atoms with Crippen LogP contribution in [0.25, 0.3) is 21.8 Å². The highest BCUT2D eigenvalue weighted by Crippen LogP contribution is 2.33. The molecule has 1 aromatic heterocycles. The van der Waals surface area contributed by atoms with Gasteiger partial charge in [-0.15, -0.1) is 0 Å². The molecule has 0 saturated heterocycles. The molecule has 0 bridgehead atoms. The molecule has 6 heteroatoms. The van der Waals surface area contributed by atoms with Crippen molar-refractivity contribution < 1.29 is 13.6 Å². The van der Waals surface area contributed by atoms with Crippen LogP contribution < -0.4 is 5.73 Å². The van der Waals surface area contributed by atoms with E-state index in [2.05, 4.69) is 22.0 Å². The molecule has 0 fully saturated rings. The molecule has 4 rings (SSSR count). The van der Waals surface area contributed by atoms with Crippen LogP contribution in [0.2, 0.25) is 0 Å². The van der Waals surface area contributed by atoms with Crippen LogP contribution in [0.1, 0.15) is 15.9 Å². The fraction of sp³-hybridized carbons (Fsp3) is 0.0500. The molecule has 0 saturated carbocycles. The van der Waals surface area contributed by atoms with Crippen molar-refractivity contribution in [3.05, 3.63) is 81.8 Å². The summed E-state index contributed by atoms with van der Waals surface area (Å²) in [5.41, 5.74) is 7.81. The molecule has 0 aliphatic heterocycles. The number of halogens is 3. The zero-order valence-electron chi connectivity index (χ0n) is 13.4. The second-order valence-electron chi connectivity index (χ2n) is 5.96. The van der Waals surface area contributed by atoms with Gasteiger partial charge in [0.05, 0.1) is 11.0 Å². The normalized spacial score (nSPS) is 11.3. The molecule has 0 spiro atoms. The minimum atomic E-state index is -0.570. The van der Waals surface area contributed by atoms with Crippen molar-refractivity contribution in [3.63, 3.8) is 0 Å². The Kier molecular flexibility index (Phi) is 4.00. The maximum absolute atomic E-state index is 13.9. The first-order valence-corrected chi connectivity index (χ1v) is 8.61. The molecule has 2 N–H and O–H groups in total. The average Bonchev–Trinajstić information content (AvgIpc) is 2.91. The number of fused-ring (bicyclic) bond motifs is 3. The number of hydrogen-bond donors (Lipinski definition) is 1. The summed E-state index contributed by atoms with van der Waals surface area (Å²) in [6.07, 6.45) is 0.